The molecular formula is C19H16N6O5. The predicted molar refractivity (Wildman–Crippen MR) is 107 cm³/mol. The maximum Gasteiger partial charge on any atom is 0.364 e. The van der Waals surface area contributed by atoms with Gasteiger partial charge < -0.3 is 5.21 Å². The lowest BCUT2D eigenvalue weighted by atomic mass is 10.1. The van der Waals surface area contributed by atoms with Gasteiger partial charge in [0.05, 0.1) is 28.6 Å². The summed E-state index contributed by atoms with van der Waals surface area (Å²) in [6.07, 6.45) is 1.68. The van der Waals surface area contributed by atoms with E-state index in [1.54, 1.807) is 48.1 Å². The standard InChI is InChI=1S/C19H16N6O5/c1-2-23-17-8-5-13(9-15(17)18(26)24(28)19(23)27)16-11-22(21-20-16)10-12-3-6-14(7-4-12)25(29)30/h3-9,11,28H,2,10H2,1H3. The molecule has 11 heteroatoms. The van der Waals surface area contributed by atoms with E-state index in [4.69, 9.17) is 0 Å². The molecule has 2 heterocycles. The lowest BCUT2D eigenvalue weighted by Crippen LogP contribution is -2.38. The largest absolute Gasteiger partial charge is 0.421 e. The number of rotatable bonds is 5. The zero-order valence-electron chi connectivity index (χ0n) is 15.8. The summed E-state index contributed by atoms with van der Waals surface area (Å²) >= 11 is 0. The normalized spacial score (nSPS) is 11.1. The first kappa shape index (κ1) is 19.1. The van der Waals surface area contributed by atoms with Gasteiger partial charge in [0.25, 0.3) is 11.2 Å². The Morgan fingerprint density at radius 1 is 1.13 bits per heavy atom. The van der Waals surface area contributed by atoms with Gasteiger partial charge in [-0.05, 0) is 24.6 Å². The molecule has 0 aliphatic heterocycles. The molecule has 0 saturated carbocycles. The van der Waals surface area contributed by atoms with Gasteiger partial charge in [0.1, 0.15) is 5.69 Å². The minimum absolute atomic E-state index is 0.00860. The number of nitro groups is 1. The Morgan fingerprint density at radius 3 is 2.53 bits per heavy atom. The van der Waals surface area contributed by atoms with Gasteiger partial charge in [0.2, 0.25) is 0 Å². The molecule has 30 heavy (non-hydrogen) atoms. The van der Waals surface area contributed by atoms with Crippen molar-refractivity contribution in [1.82, 2.24) is 24.3 Å². The summed E-state index contributed by atoms with van der Waals surface area (Å²) in [5, 5.41) is 28.9. The molecule has 0 aliphatic rings. The number of hydrogen-bond donors (Lipinski definition) is 1. The summed E-state index contributed by atoms with van der Waals surface area (Å²) in [5.74, 6) is 0. The molecule has 0 bridgehead atoms. The van der Waals surface area contributed by atoms with Gasteiger partial charge in [-0.15, -0.1) is 5.10 Å². The lowest BCUT2D eigenvalue weighted by molar-refractivity contribution is -0.384. The molecule has 0 atom stereocenters. The highest BCUT2D eigenvalue weighted by Gasteiger charge is 2.14. The number of fused-ring (bicyclic) bond motifs is 1. The van der Waals surface area contributed by atoms with Crippen molar-refractivity contribution in [3.63, 3.8) is 0 Å². The first-order valence-corrected chi connectivity index (χ1v) is 9.01. The van der Waals surface area contributed by atoms with E-state index in [0.29, 0.717) is 29.9 Å². The van der Waals surface area contributed by atoms with Gasteiger partial charge in [0, 0.05) is 24.2 Å². The number of hydrogen-bond acceptors (Lipinski definition) is 7. The quantitative estimate of drug-likeness (QED) is 0.301. The van der Waals surface area contributed by atoms with Crippen LogP contribution in [-0.4, -0.2) is 34.4 Å². The molecule has 2 aromatic heterocycles. The maximum atomic E-state index is 12.3. The van der Waals surface area contributed by atoms with Crippen LogP contribution in [0.2, 0.25) is 0 Å². The van der Waals surface area contributed by atoms with Crippen LogP contribution in [0.25, 0.3) is 22.2 Å². The van der Waals surface area contributed by atoms with Crippen LogP contribution in [0.15, 0.2) is 58.3 Å². The van der Waals surface area contributed by atoms with Crippen LogP contribution in [0, 0.1) is 10.1 Å². The number of aryl methyl sites for hydroxylation is 1. The van der Waals surface area contributed by atoms with Crippen LogP contribution in [0.4, 0.5) is 5.69 Å². The van der Waals surface area contributed by atoms with Gasteiger partial charge in [-0.3, -0.25) is 19.5 Å². The van der Waals surface area contributed by atoms with Crippen molar-refractivity contribution >= 4 is 16.6 Å². The Balaban J connectivity index is 1.68. The second-order valence-corrected chi connectivity index (χ2v) is 6.60. The SMILES string of the molecule is CCn1c(=O)n(O)c(=O)c2cc(-c3cn(Cc4ccc([N+](=O)[O-])cc4)nn3)ccc21. The molecule has 0 spiro atoms. The van der Waals surface area contributed by atoms with Crippen molar-refractivity contribution in [2.45, 2.75) is 20.0 Å². The third-order valence-electron chi connectivity index (χ3n) is 4.76. The molecular weight excluding hydrogens is 392 g/mol. The summed E-state index contributed by atoms with van der Waals surface area (Å²) in [7, 11) is 0. The maximum absolute atomic E-state index is 12.3. The van der Waals surface area contributed by atoms with E-state index in [-0.39, 0.29) is 15.8 Å². The Morgan fingerprint density at radius 2 is 1.87 bits per heavy atom. The fraction of sp³-hybridized carbons (Fsp3) is 0.158. The van der Waals surface area contributed by atoms with Crippen molar-refractivity contribution in [2.75, 3.05) is 0 Å². The zero-order valence-corrected chi connectivity index (χ0v) is 15.8. The first-order valence-electron chi connectivity index (χ1n) is 9.01. The summed E-state index contributed by atoms with van der Waals surface area (Å²) in [4.78, 5) is 34.7. The van der Waals surface area contributed by atoms with Crippen LogP contribution >= 0.6 is 0 Å². The number of non-ortho nitro benzene ring substituents is 1. The third-order valence-corrected chi connectivity index (χ3v) is 4.76. The van der Waals surface area contributed by atoms with Crippen LogP contribution in [0.5, 0.6) is 0 Å². The first-order chi connectivity index (χ1) is 14.4. The molecule has 4 aromatic rings. The van der Waals surface area contributed by atoms with E-state index < -0.39 is 16.2 Å². The van der Waals surface area contributed by atoms with Gasteiger partial charge >= 0.3 is 5.69 Å². The molecule has 2 aromatic carbocycles. The van der Waals surface area contributed by atoms with Crippen molar-refractivity contribution in [3.05, 3.63) is 85.2 Å². The van der Waals surface area contributed by atoms with Crippen molar-refractivity contribution in [3.8, 4) is 11.3 Å². The van der Waals surface area contributed by atoms with E-state index in [1.165, 1.54) is 16.7 Å². The molecule has 0 saturated heterocycles. The van der Waals surface area contributed by atoms with Gasteiger partial charge in [0.15, 0.2) is 0 Å². The topological polar surface area (TPSA) is 138 Å². The number of nitro benzene ring substituents is 1. The van der Waals surface area contributed by atoms with Crippen LogP contribution in [0.3, 0.4) is 0 Å². The minimum Gasteiger partial charge on any atom is -0.421 e. The molecule has 0 aliphatic carbocycles. The summed E-state index contributed by atoms with van der Waals surface area (Å²) in [6, 6.07) is 11.0. The Hall–Kier alpha value is -4.28. The molecule has 0 unspecified atom stereocenters. The second-order valence-electron chi connectivity index (χ2n) is 6.60. The summed E-state index contributed by atoms with van der Waals surface area (Å²) in [6.45, 7) is 2.39. The summed E-state index contributed by atoms with van der Waals surface area (Å²) < 4.78 is 2.96. The Kier molecular flexibility index (Phi) is 4.62. The highest BCUT2D eigenvalue weighted by Crippen LogP contribution is 2.21. The molecule has 0 radical (unpaired) electrons. The fourth-order valence-corrected chi connectivity index (χ4v) is 3.24. The van der Waals surface area contributed by atoms with E-state index in [0.717, 1.165) is 5.56 Å². The van der Waals surface area contributed by atoms with Gasteiger partial charge in [-0.25, -0.2) is 9.48 Å². The van der Waals surface area contributed by atoms with Crippen molar-refractivity contribution in [2.24, 2.45) is 0 Å². The Bertz CT molecular complexity index is 1380. The van der Waals surface area contributed by atoms with Crippen molar-refractivity contribution in [1.29, 1.82) is 0 Å². The molecule has 0 amide bonds. The lowest BCUT2D eigenvalue weighted by Gasteiger charge is -2.09. The molecule has 1 N–H and O–H groups in total. The predicted octanol–water partition coefficient (Wildman–Crippen LogP) is 1.64. The van der Waals surface area contributed by atoms with E-state index in [9.17, 15) is 24.9 Å². The van der Waals surface area contributed by atoms with Crippen LogP contribution in [0.1, 0.15) is 12.5 Å². The molecule has 0 fully saturated rings. The van der Waals surface area contributed by atoms with Gasteiger partial charge in [-0.2, -0.15) is 0 Å². The molecule has 152 valence electrons. The van der Waals surface area contributed by atoms with Crippen molar-refractivity contribution < 1.29 is 10.1 Å². The molecule has 11 nitrogen and oxygen atoms in total. The fourth-order valence-electron chi connectivity index (χ4n) is 3.24. The van der Waals surface area contributed by atoms with Gasteiger partial charge in [-0.1, -0.05) is 28.1 Å². The van der Waals surface area contributed by atoms with E-state index in [1.807, 2.05) is 0 Å². The zero-order chi connectivity index (χ0) is 21.4. The number of aromatic nitrogens is 5. The third kappa shape index (κ3) is 3.21. The van der Waals surface area contributed by atoms with Crippen LogP contribution in [-0.2, 0) is 13.1 Å². The summed E-state index contributed by atoms with van der Waals surface area (Å²) in [5.41, 5.74) is 0.726. The number of benzene rings is 2. The second kappa shape index (κ2) is 7.28. The highest BCUT2D eigenvalue weighted by atomic mass is 16.6. The average Bonchev–Trinajstić information content (AvgIpc) is 3.21. The van der Waals surface area contributed by atoms with Crippen LogP contribution < -0.4 is 11.2 Å². The van der Waals surface area contributed by atoms with E-state index in [2.05, 4.69) is 10.3 Å². The minimum atomic E-state index is -0.806. The monoisotopic (exact) mass is 408 g/mol. The smallest absolute Gasteiger partial charge is 0.364 e. The number of nitrogens with zero attached hydrogens (tertiary/aromatic N) is 6. The molecule has 4 rings (SSSR count). The Labute approximate surface area is 168 Å². The average molecular weight is 408 g/mol. The highest BCUT2D eigenvalue weighted by molar-refractivity contribution is 5.83. The van der Waals surface area contributed by atoms with E-state index >= 15 is 0 Å².